The summed E-state index contributed by atoms with van der Waals surface area (Å²) in [7, 11) is 0. The fourth-order valence-corrected chi connectivity index (χ4v) is 7.74. The normalized spacial score (nSPS) is 18.9. The maximum atomic E-state index is 9.71. The van der Waals surface area contributed by atoms with Crippen LogP contribution < -0.4 is 0 Å². The standard InChI is InChI=1S/C57H34N4O/c1-4-14-35(15-5-1)36-26-28-38(29-27-36)56-58-55(37-16-6-2-7-17-37)59-57(60-56)45-23-13-25-50-51(45)46-34-39(30-33-49(46)62-50)41-31-32-48-54-52(41)43-21-11-10-20-42(43)44-22-12-24-47(53(44)54)61(48)40-18-8-3-9-19-40/h1-34H/i1D,2D,3D,4D,5D,6D,7D,8D,9D,10D,11D,12D,13D,14D,15D,16D,17D,18D,19D,20D,21D,22D,23D,24D,25D,26D,27D,28D,29D,30D,33D. The van der Waals surface area contributed by atoms with Gasteiger partial charge in [0.15, 0.2) is 17.5 Å². The first kappa shape index (κ1) is 15.9. The number of hydrogen-bond donors (Lipinski definition) is 0. The third kappa shape index (κ3) is 5.25. The SMILES string of the molecule is [2H]c1c([2H])c([2H])c(-c2nc(-c3c([2H])c([2H])c(-c4c([2H])c([2H])c([2H])c([2H])c4[2H])c([2H])c3[2H])nc(-c3c([2H])c([2H])c([2H])c4oc5c([2H])c([2H])c(-c6ccc7c8c6c6c([2H])c([2H])c([2H])c([2H])c6c6c([2H])c([2H])c([2H])c(c68)n7-c6c([2H])c([2H])c([2H])c([2H])c6[2H])cc5c34)n2)c([2H])c1[2H]. The van der Waals surface area contributed by atoms with E-state index in [0.29, 0.717) is 0 Å². The van der Waals surface area contributed by atoms with Crippen molar-refractivity contribution in [3.63, 3.8) is 0 Å². The predicted molar refractivity (Wildman–Crippen MR) is 255 cm³/mol. The van der Waals surface area contributed by atoms with Gasteiger partial charge in [-0.3, -0.25) is 0 Å². The zero-order valence-corrected chi connectivity index (χ0v) is 30.9. The Kier molecular flexibility index (Phi) is 3.48. The molecule has 0 bridgehead atoms. The van der Waals surface area contributed by atoms with Crippen LogP contribution in [0.1, 0.15) is 42.5 Å². The van der Waals surface area contributed by atoms with Crippen molar-refractivity contribution in [1.29, 1.82) is 0 Å². The van der Waals surface area contributed by atoms with E-state index in [1.807, 2.05) is 0 Å². The van der Waals surface area contributed by atoms with Gasteiger partial charge in [0.1, 0.15) is 11.2 Å². The highest BCUT2D eigenvalue weighted by molar-refractivity contribution is 6.36. The molecule has 5 nitrogen and oxygen atoms in total. The van der Waals surface area contributed by atoms with E-state index >= 15 is 0 Å². The third-order valence-electron chi connectivity index (χ3n) is 10.3. The summed E-state index contributed by atoms with van der Waals surface area (Å²) in [5, 5.41) is -2.06. The van der Waals surface area contributed by atoms with Crippen LogP contribution in [0.3, 0.4) is 0 Å². The number of fused-ring (bicyclic) bond motifs is 6. The van der Waals surface area contributed by atoms with Gasteiger partial charge >= 0.3 is 0 Å². The highest BCUT2D eigenvalue weighted by Crippen LogP contribution is 2.48. The summed E-state index contributed by atoms with van der Waals surface area (Å²) >= 11 is 0. The van der Waals surface area contributed by atoms with E-state index in [-0.39, 0.29) is 59.9 Å². The second-order valence-electron chi connectivity index (χ2n) is 13.6. The zero-order chi connectivity index (χ0) is 67.7. The minimum absolute atomic E-state index is 0.0678. The maximum absolute atomic E-state index is 9.71. The van der Waals surface area contributed by atoms with Gasteiger partial charge in [-0.2, -0.15) is 0 Å². The molecule has 0 aliphatic heterocycles. The van der Waals surface area contributed by atoms with E-state index in [4.69, 9.17) is 30.5 Å². The number of nitrogens with zero attached hydrogens (tertiary/aromatic N) is 4. The van der Waals surface area contributed by atoms with Crippen molar-refractivity contribution in [2.45, 2.75) is 0 Å². The number of aromatic nitrogens is 4. The Balaban J connectivity index is 1.18. The fourth-order valence-electron chi connectivity index (χ4n) is 7.74. The summed E-state index contributed by atoms with van der Waals surface area (Å²) < 4.78 is 285. The lowest BCUT2D eigenvalue weighted by Crippen LogP contribution is -2.00. The summed E-state index contributed by atoms with van der Waals surface area (Å²) in [6.45, 7) is 0. The van der Waals surface area contributed by atoms with Gasteiger partial charge in [0.2, 0.25) is 0 Å². The summed E-state index contributed by atoms with van der Waals surface area (Å²) in [5.41, 5.74) is -6.09. The zero-order valence-electron chi connectivity index (χ0n) is 61.9. The Bertz CT molecular complexity index is 5610. The van der Waals surface area contributed by atoms with E-state index in [1.165, 1.54) is 18.2 Å². The quantitative estimate of drug-likeness (QED) is 0.157. The molecule has 3 heterocycles. The van der Waals surface area contributed by atoms with Gasteiger partial charge in [-0.05, 0) is 80.8 Å². The molecule has 0 spiro atoms. The second-order valence-corrected chi connectivity index (χ2v) is 13.6. The van der Waals surface area contributed by atoms with Gasteiger partial charge < -0.3 is 8.98 Å². The molecule has 3 aromatic heterocycles. The molecule has 0 atom stereocenters. The molecule has 0 saturated heterocycles. The topological polar surface area (TPSA) is 56.7 Å². The largest absolute Gasteiger partial charge is 0.456 e. The van der Waals surface area contributed by atoms with E-state index in [0.717, 1.165) is 4.57 Å². The smallest absolute Gasteiger partial charge is 0.164 e. The van der Waals surface area contributed by atoms with Crippen LogP contribution in [0.5, 0.6) is 0 Å². The minimum atomic E-state index is -1.02. The van der Waals surface area contributed by atoms with E-state index < -0.39 is 255 Å². The van der Waals surface area contributed by atoms with Crippen molar-refractivity contribution in [1.82, 2.24) is 19.5 Å². The van der Waals surface area contributed by atoms with Crippen molar-refractivity contribution in [2.24, 2.45) is 0 Å². The molecule has 0 amide bonds. The van der Waals surface area contributed by atoms with Crippen LogP contribution >= 0.6 is 0 Å². The Morgan fingerprint density at radius 1 is 0.355 bits per heavy atom. The first-order valence-electron chi connectivity index (χ1n) is 33.9. The van der Waals surface area contributed by atoms with Crippen LogP contribution in [0.15, 0.2) is 210 Å². The van der Waals surface area contributed by atoms with Gasteiger partial charge in [-0.1, -0.05) is 163 Å². The Morgan fingerprint density at radius 3 is 1.71 bits per heavy atom. The average molecular weight is 822 g/mol. The molecule has 0 unspecified atom stereocenters. The number of furan rings is 1. The molecule has 0 fully saturated rings. The van der Waals surface area contributed by atoms with Crippen LogP contribution in [-0.2, 0) is 0 Å². The Morgan fingerprint density at radius 2 is 0.935 bits per heavy atom. The molecule has 0 N–H and O–H groups in total. The number of benzene rings is 10. The van der Waals surface area contributed by atoms with Crippen molar-refractivity contribution in [3.8, 4) is 62.1 Å². The van der Waals surface area contributed by atoms with Crippen molar-refractivity contribution >= 4 is 65.3 Å². The molecular weight excluding hydrogens is 757 g/mol. The monoisotopic (exact) mass is 821 g/mol. The summed E-state index contributed by atoms with van der Waals surface area (Å²) in [6.07, 6.45) is 0. The van der Waals surface area contributed by atoms with Crippen molar-refractivity contribution in [2.75, 3.05) is 0 Å². The van der Waals surface area contributed by atoms with Crippen LogP contribution in [0.4, 0.5) is 0 Å². The van der Waals surface area contributed by atoms with Crippen LogP contribution in [0.25, 0.3) is 127 Å². The Labute approximate surface area is 399 Å². The van der Waals surface area contributed by atoms with Gasteiger partial charge in [-0.15, -0.1) is 0 Å². The van der Waals surface area contributed by atoms with Gasteiger partial charge in [0.25, 0.3) is 0 Å². The fraction of sp³-hybridized carbons (Fsp3) is 0. The highest BCUT2D eigenvalue weighted by Gasteiger charge is 2.23. The molecule has 0 radical (unpaired) electrons. The molecule has 13 rings (SSSR count). The van der Waals surface area contributed by atoms with Crippen LogP contribution in [-0.4, -0.2) is 19.5 Å². The van der Waals surface area contributed by atoms with Crippen LogP contribution in [0.2, 0.25) is 0 Å². The van der Waals surface area contributed by atoms with Gasteiger partial charge in [-0.25, -0.2) is 15.0 Å². The molecular formula is C57H34N4O. The lowest BCUT2D eigenvalue weighted by atomic mass is 9.89. The summed E-state index contributed by atoms with van der Waals surface area (Å²) in [5.74, 6) is -2.51. The van der Waals surface area contributed by atoms with Crippen molar-refractivity contribution in [3.05, 3.63) is 206 Å². The van der Waals surface area contributed by atoms with E-state index in [1.54, 1.807) is 0 Å². The molecule has 0 aliphatic rings. The minimum Gasteiger partial charge on any atom is -0.456 e. The first-order chi connectivity index (χ1) is 43.6. The lowest BCUT2D eigenvalue weighted by Gasteiger charge is -2.13. The number of rotatable bonds is 6. The molecule has 62 heavy (non-hydrogen) atoms. The lowest BCUT2D eigenvalue weighted by molar-refractivity contribution is 0.669. The number of para-hydroxylation sites is 1. The molecule has 288 valence electrons. The number of hydrogen-bond acceptors (Lipinski definition) is 4. The van der Waals surface area contributed by atoms with Gasteiger partial charge in [0, 0.05) is 49.3 Å². The third-order valence-corrected chi connectivity index (χ3v) is 10.3. The molecule has 5 heteroatoms. The maximum Gasteiger partial charge on any atom is 0.164 e. The van der Waals surface area contributed by atoms with E-state index in [2.05, 4.69) is 15.0 Å². The predicted octanol–water partition coefficient (Wildman–Crippen LogP) is 14.9. The first-order valence-corrected chi connectivity index (χ1v) is 18.4. The van der Waals surface area contributed by atoms with E-state index in [9.17, 15) is 16.4 Å². The van der Waals surface area contributed by atoms with Crippen molar-refractivity contribution < 1.29 is 46.9 Å². The Hall–Kier alpha value is -8.41. The molecule has 10 aromatic carbocycles. The summed E-state index contributed by atoms with van der Waals surface area (Å²) in [4.78, 5) is 13.4. The molecule has 0 aliphatic carbocycles. The molecule has 0 saturated carbocycles. The molecule has 13 aromatic rings. The average Bonchev–Trinajstić information content (AvgIpc) is 1.56. The van der Waals surface area contributed by atoms with Crippen LogP contribution in [0, 0.1) is 0 Å². The second kappa shape index (κ2) is 13.6. The highest BCUT2D eigenvalue weighted by atomic mass is 16.3. The summed E-state index contributed by atoms with van der Waals surface area (Å²) in [6, 6.07) is -22.2. The van der Waals surface area contributed by atoms with Gasteiger partial charge in [0.05, 0.1) is 53.5 Å².